The average Bonchev–Trinajstić information content (AvgIpc) is 3.49. The summed E-state index contributed by atoms with van der Waals surface area (Å²) >= 11 is 8.05. The van der Waals surface area contributed by atoms with E-state index in [1.165, 1.54) is 73.6 Å². The molecule has 0 saturated heterocycles. The van der Waals surface area contributed by atoms with Crippen LogP contribution < -0.4 is 0 Å². The molecular weight excluding hydrogens is 441 g/mol. The van der Waals surface area contributed by atoms with Gasteiger partial charge in [-0.2, -0.15) is 0 Å². The van der Waals surface area contributed by atoms with E-state index in [0.717, 1.165) is 0 Å². The molecule has 0 radical (unpaired) electrons. The highest BCUT2D eigenvalue weighted by Crippen LogP contribution is 2.50. The Morgan fingerprint density at radius 2 is 1.03 bits per heavy atom. The highest BCUT2D eigenvalue weighted by molar-refractivity contribution is 7.34. The van der Waals surface area contributed by atoms with Crippen LogP contribution in [0.2, 0.25) is 0 Å². The van der Waals surface area contributed by atoms with Gasteiger partial charge in [0.05, 0.1) is 9.40 Å². The molecule has 0 nitrogen and oxygen atoms in total. The molecule has 158 valence electrons. The van der Waals surface area contributed by atoms with Crippen LogP contribution in [0.3, 0.4) is 0 Å². The van der Waals surface area contributed by atoms with Gasteiger partial charge < -0.3 is 0 Å². The fourth-order valence-corrected chi connectivity index (χ4v) is 9.77. The van der Waals surface area contributed by atoms with Crippen molar-refractivity contribution in [3.63, 3.8) is 0 Å². The Balaban J connectivity index is 1.73. The van der Waals surface area contributed by atoms with E-state index in [0.29, 0.717) is 0 Å². The summed E-state index contributed by atoms with van der Waals surface area (Å²) in [6, 6.07) is 4.70. The molecular formula is C26H30S4. The highest BCUT2D eigenvalue weighted by atomic mass is 32.1. The first-order chi connectivity index (χ1) is 14.8. The van der Waals surface area contributed by atoms with Crippen molar-refractivity contribution in [1.29, 1.82) is 0 Å². The Kier molecular flexibility index (Phi) is 6.47. The first-order valence-corrected chi connectivity index (χ1v) is 15.0. The van der Waals surface area contributed by atoms with Crippen LogP contribution in [0.15, 0.2) is 22.9 Å². The van der Waals surface area contributed by atoms with Gasteiger partial charge >= 0.3 is 0 Å². The second-order valence-corrected chi connectivity index (χ2v) is 12.4. The number of benzene rings is 1. The van der Waals surface area contributed by atoms with Crippen LogP contribution in [0.5, 0.6) is 0 Å². The van der Waals surface area contributed by atoms with Crippen LogP contribution in [-0.4, -0.2) is 0 Å². The molecule has 30 heavy (non-hydrogen) atoms. The van der Waals surface area contributed by atoms with Crippen molar-refractivity contribution in [2.45, 2.75) is 78.1 Å². The molecule has 0 spiro atoms. The largest absolute Gasteiger partial charge is 0.142 e. The summed E-state index contributed by atoms with van der Waals surface area (Å²) in [5.41, 5.74) is 3.33. The van der Waals surface area contributed by atoms with Gasteiger partial charge in [0.1, 0.15) is 0 Å². The third-order valence-electron chi connectivity index (χ3n) is 6.30. The number of hydrogen-bond donors (Lipinski definition) is 0. The Bertz CT molecular complexity index is 1180. The number of thiophene rings is 4. The maximum atomic E-state index is 2.35. The van der Waals surface area contributed by atoms with Gasteiger partial charge in [0, 0.05) is 29.6 Å². The average molecular weight is 471 g/mol. The lowest BCUT2D eigenvalue weighted by molar-refractivity contribution is 0.668. The standard InChI is InChI=1S/C26H30S4/c1-3-5-7-9-11-17-21-24(30-19-13-15-27-25(19)21)18(12-10-8-6-4-2)22-23(17)29-20-14-16-28-26(20)22/h13-16H,3-12H2,1-2H3. The Morgan fingerprint density at radius 1 is 0.567 bits per heavy atom. The Labute approximate surface area is 195 Å². The second-order valence-electron chi connectivity index (χ2n) is 8.42. The van der Waals surface area contributed by atoms with Crippen LogP contribution in [-0.2, 0) is 12.8 Å². The zero-order chi connectivity index (χ0) is 20.5. The van der Waals surface area contributed by atoms with E-state index in [-0.39, 0.29) is 0 Å². The molecule has 4 heteroatoms. The van der Waals surface area contributed by atoms with Crippen molar-refractivity contribution in [3.8, 4) is 0 Å². The highest BCUT2D eigenvalue weighted by Gasteiger charge is 2.22. The summed E-state index contributed by atoms with van der Waals surface area (Å²) in [4.78, 5) is 0. The SMILES string of the molecule is CCCCCCc1c2sc3ccsc3c2c(CCCCCC)c2sc3ccsc3c12. The topological polar surface area (TPSA) is 0 Å². The lowest BCUT2D eigenvalue weighted by Gasteiger charge is -2.12. The van der Waals surface area contributed by atoms with Gasteiger partial charge in [-0.25, -0.2) is 0 Å². The summed E-state index contributed by atoms with van der Waals surface area (Å²) in [5, 5.41) is 7.82. The minimum Gasteiger partial charge on any atom is -0.142 e. The van der Waals surface area contributed by atoms with Crippen molar-refractivity contribution in [2.24, 2.45) is 0 Å². The summed E-state index contributed by atoms with van der Waals surface area (Å²) in [6.07, 6.45) is 13.2. The number of fused-ring (bicyclic) bond motifs is 6. The molecule has 0 N–H and O–H groups in total. The van der Waals surface area contributed by atoms with Crippen molar-refractivity contribution >= 4 is 84.3 Å². The van der Waals surface area contributed by atoms with Gasteiger partial charge in [-0.05, 0) is 59.7 Å². The maximum Gasteiger partial charge on any atom is 0.0532 e. The van der Waals surface area contributed by atoms with E-state index in [1.54, 1.807) is 40.7 Å². The van der Waals surface area contributed by atoms with E-state index < -0.39 is 0 Å². The van der Waals surface area contributed by atoms with Crippen LogP contribution in [0.4, 0.5) is 0 Å². The van der Waals surface area contributed by atoms with Crippen LogP contribution in [0.25, 0.3) is 39.0 Å². The molecule has 1 aromatic carbocycles. The number of hydrogen-bond acceptors (Lipinski definition) is 4. The lowest BCUT2D eigenvalue weighted by Crippen LogP contribution is -1.93. The van der Waals surface area contributed by atoms with Gasteiger partial charge in [-0.15, -0.1) is 45.3 Å². The van der Waals surface area contributed by atoms with E-state index in [4.69, 9.17) is 0 Å². The van der Waals surface area contributed by atoms with Crippen molar-refractivity contribution < 1.29 is 0 Å². The number of unbranched alkanes of at least 4 members (excludes halogenated alkanes) is 6. The fraction of sp³-hybridized carbons (Fsp3) is 0.462. The molecule has 4 aromatic heterocycles. The van der Waals surface area contributed by atoms with Gasteiger partial charge in [0.2, 0.25) is 0 Å². The lowest BCUT2D eigenvalue weighted by atomic mass is 9.95. The normalized spacial score (nSPS) is 12.3. The van der Waals surface area contributed by atoms with Gasteiger partial charge in [0.15, 0.2) is 0 Å². The zero-order valence-corrected chi connectivity index (χ0v) is 21.3. The fourth-order valence-electron chi connectivity index (χ4n) is 4.78. The van der Waals surface area contributed by atoms with Gasteiger partial charge in [-0.3, -0.25) is 0 Å². The Morgan fingerprint density at radius 3 is 1.47 bits per heavy atom. The van der Waals surface area contributed by atoms with Crippen LogP contribution in [0, 0.1) is 0 Å². The molecule has 5 rings (SSSR count). The monoisotopic (exact) mass is 470 g/mol. The molecule has 0 atom stereocenters. The molecule has 0 aliphatic heterocycles. The number of aryl methyl sites for hydroxylation is 2. The molecule has 0 amide bonds. The predicted molar refractivity (Wildman–Crippen MR) is 144 cm³/mol. The van der Waals surface area contributed by atoms with E-state index in [2.05, 4.69) is 59.4 Å². The molecule has 5 aromatic rings. The minimum absolute atomic E-state index is 1.24. The second kappa shape index (κ2) is 9.28. The molecule has 4 heterocycles. The summed E-state index contributed by atoms with van der Waals surface area (Å²) in [6.45, 7) is 4.62. The quantitative estimate of drug-likeness (QED) is 0.178. The smallest absolute Gasteiger partial charge is 0.0532 e. The molecule has 0 saturated carbocycles. The summed E-state index contributed by atoms with van der Waals surface area (Å²) in [5.74, 6) is 0. The maximum absolute atomic E-state index is 2.35. The zero-order valence-electron chi connectivity index (χ0n) is 18.0. The van der Waals surface area contributed by atoms with Crippen LogP contribution in [0.1, 0.15) is 76.3 Å². The third kappa shape index (κ3) is 3.64. The van der Waals surface area contributed by atoms with E-state index in [1.807, 2.05) is 22.7 Å². The van der Waals surface area contributed by atoms with E-state index >= 15 is 0 Å². The van der Waals surface area contributed by atoms with Crippen molar-refractivity contribution in [2.75, 3.05) is 0 Å². The summed E-state index contributed by atoms with van der Waals surface area (Å²) < 4.78 is 9.32. The van der Waals surface area contributed by atoms with Gasteiger partial charge in [-0.1, -0.05) is 52.4 Å². The molecule has 0 aliphatic rings. The van der Waals surface area contributed by atoms with Crippen LogP contribution >= 0.6 is 45.3 Å². The first-order valence-electron chi connectivity index (χ1n) is 11.6. The summed E-state index contributed by atoms with van der Waals surface area (Å²) in [7, 11) is 0. The first kappa shape index (κ1) is 20.9. The minimum atomic E-state index is 1.24. The predicted octanol–water partition coefficient (Wildman–Crippen LogP) is 10.8. The van der Waals surface area contributed by atoms with Gasteiger partial charge in [0.25, 0.3) is 0 Å². The van der Waals surface area contributed by atoms with Crippen molar-refractivity contribution in [1.82, 2.24) is 0 Å². The van der Waals surface area contributed by atoms with Crippen molar-refractivity contribution in [3.05, 3.63) is 34.0 Å². The third-order valence-corrected chi connectivity index (χ3v) is 10.9. The number of rotatable bonds is 10. The molecule has 0 bridgehead atoms. The van der Waals surface area contributed by atoms with E-state index in [9.17, 15) is 0 Å². The molecule has 0 fully saturated rings. The molecule has 0 unspecified atom stereocenters. The Hall–Kier alpha value is -0.940. The molecule has 0 aliphatic carbocycles.